The number of nitrogens with one attached hydrogen (secondary N) is 1. The molecule has 2 aromatic rings. The Bertz CT molecular complexity index is 919. The third kappa shape index (κ3) is 5.46. The van der Waals surface area contributed by atoms with E-state index in [1.54, 1.807) is 17.2 Å². The Kier molecular flexibility index (Phi) is 7.37. The number of morpholine rings is 1. The Morgan fingerprint density at radius 3 is 2.53 bits per heavy atom. The summed E-state index contributed by atoms with van der Waals surface area (Å²) in [5, 5.41) is 3.13. The maximum atomic E-state index is 13.5. The summed E-state index contributed by atoms with van der Waals surface area (Å²) in [5.41, 5.74) is 2.16. The SMILES string of the molecule is Cc1ccccc1N(CC(=O)NC1CCCCC1)C(=O)c1ccc(N2CCOCC2)nc1. The maximum Gasteiger partial charge on any atom is 0.260 e. The lowest BCUT2D eigenvalue weighted by Gasteiger charge is -2.28. The van der Waals surface area contributed by atoms with Crippen molar-refractivity contribution in [2.24, 2.45) is 0 Å². The summed E-state index contributed by atoms with van der Waals surface area (Å²) in [7, 11) is 0. The summed E-state index contributed by atoms with van der Waals surface area (Å²) < 4.78 is 5.40. The number of anilines is 2. The molecular weight excluding hydrogens is 404 g/mol. The standard InChI is InChI=1S/C25H32N4O3/c1-19-7-5-6-10-22(19)29(18-24(30)27-21-8-3-2-4-9-21)25(31)20-11-12-23(26-17-20)28-13-15-32-16-14-28/h5-7,10-12,17,21H,2-4,8-9,13-16,18H2,1H3,(H,27,30). The molecule has 32 heavy (non-hydrogen) atoms. The fourth-order valence-electron chi connectivity index (χ4n) is 4.44. The average molecular weight is 437 g/mol. The minimum atomic E-state index is -0.223. The van der Waals surface area contributed by atoms with Crippen molar-refractivity contribution >= 4 is 23.3 Å². The van der Waals surface area contributed by atoms with E-state index in [2.05, 4.69) is 15.2 Å². The quantitative estimate of drug-likeness (QED) is 0.752. The topological polar surface area (TPSA) is 74.8 Å². The van der Waals surface area contributed by atoms with Crippen LogP contribution >= 0.6 is 0 Å². The number of aromatic nitrogens is 1. The van der Waals surface area contributed by atoms with Crippen LogP contribution in [0, 0.1) is 6.92 Å². The number of nitrogens with zero attached hydrogens (tertiary/aromatic N) is 3. The van der Waals surface area contributed by atoms with Crippen LogP contribution in [0.5, 0.6) is 0 Å². The van der Waals surface area contributed by atoms with Crippen LogP contribution in [0.2, 0.25) is 0 Å². The van der Waals surface area contributed by atoms with E-state index in [0.717, 1.165) is 55.8 Å². The second kappa shape index (κ2) is 10.6. The first kappa shape index (κ1) is 22.3. The van der Waals surface area contributed by atoms with Gasteiger partial charge in [0.2, 0.25) is 5.91 Å². The van der Waals surface area contributed by atoms with Crippen LogP contribution in [0.1, 0.15) is 48.0 Å². The minimum Gasteiger partial charge on any atom is -0.378 e. The molecule has 2 aliphatic rings. The van der Waals surface area contributed by atoms with Crippen molar-refractivity contribution < 1.29 is 14.3 Å². The molecule has 1 saturated carbocycles. The summed E-state index contributed by atoms with van der Waals surface area (Å²) in [6, 6.07) is 11.5. The third-order valence-corrected chi connectivity index (χ3v) is 6.25. The zero-order valence-corrected chi connectivity index (χ0v) is 18.8. The summed E-state index contributed by atoms with van der Waals surface area (Å²) >= 11 is 0. The van der Waals surface area contributed by atoms with Crippen molar-refractivity contribution in [1.82, 2.24) is 10.3 Å². The molecule has 2 fully saturated rings. The smallest absolute Gasteiger partial charge is 0.260 e. The number of carbonyl (C=O) groups excluding carboxylic acids is 2. The van der Waals surface area contributed by atoms with Gasteiger partial charge in [0.15, 0.2) is 0 Å². The van der Waals surface area contributed by atoms with E-state index < -0.39 is 0 Å². The molecule has 0 unspecified atom stereocenters. The molecule has 7 heteroatoms. The number of pyridine rings is 1. The van der Waals surface area contributed by atoms with E-state index in [0.29, 0.717) is 18.8 Å². The molecule has 0 atom stereocenters. The van der Waals surface area contributed by atoms with E-state index in [4.69, 9.17) is 4.74 Å². The van der Waals surface area contributed by atoms with Crippen molar-refractivity contribution in [3.05, 3.63) is 53.7 Å². The molecule has 1 saturated heterocycles. The van der Waals surface area contributed by atoms with Crippen LogP contribution in [-0.2, 0) is 9.53 Å². The summed E-state index contributed by atoms with van der Waals surface area (Å²) in [4.78, 5) is 34.6. The molecule has 1 N–H and O–H groups in total. The van der Waals surface area contributed by atoms with Gasteiger partial charge in [-0.1, -0.05) is 37.5 Å². The first-order valence-electron chi connectivity index (χ1n) is 11.6. The molecule has 4 rings (SSSR count). The highest BCUT2D eigenvalue weighted by molar-refractivity contribution is 6.09. The molecular formula is C25H32N4O3. The lowest BCUT2D eigenvalue weighted by Crippen LogP contribution is -2.45. The average Bonchev–Trinajstić information content (AvgIpc) is 2.84. The second-order valence-electron chi connectivity index (χ2n) is 8.58. The fraction of sp³-hybridized carbons (Fsp3) is 0.480. The Labute approximate surface area is 189 Å². The van der Waals surface area contributed by atoms with Crippen LogP contribution in [-0.4, -0.2) is 55.7 Å². The van der Waals surface area contributed by atoms with Gasteiger partial charge < -0.3 is 15.0 Å². The Balaban J connectivity index is 1.51. The van der Waals surface area contributed by atoms with Crippen molar-refractivity contribution in [3.8, 4) is 0 Å². The van der Waals surface area contributed by atoms with Gasteiger partial charge in [-0.25, -0.2) is 4.98 Å². The van der Waals surface area contributed by atoms with E-state index in [9.17, 15) is 9.59 Å². The second-order valence-corrected chi connectivity index (χ2v) is 8.58. The predicted octanol–water partition coefficient (Wildman–Crippen LogP) is 3.32. The van der Waals surface area contributed by atoms with Gasteiger partial charge in [-0.05, 0) is 43.5 Å². The summed E-state index contributed by atoms with van der Waals surface area (Å²) in [5.74, 6) is 0.493. The number of rotatable bonds is 6. The van der Waals surface area contributed by atoms with Gasteiger partial charge in [0.05, 0.1) is 18.8 Å². The molecule has 1 aromatic heterocycles. The fourth-order valence-corrected chi connectivity index (χ4v) is 4.44. The van der Waals surface area contributed by atoms with Gasteiger partial charge in [-0.2, -0.15) is 0 Å². The molecule has 1 aliphatic carbocycles. The zero-order valence-electron chi connectivity index (χ0n) is 18.8. The number of hydrogen-bond acceptors (Lipinski definition) is 5. The molecule has 1 aliphatic heterocycles. The number of para-hydroxylation sites is 1. The molecule has 0 bridgehead atoms. The number of amides is 2. The normalized spacial score (nSPS) is 17.1. The van der Waals surface area contributed by atoms with Crippen LogP contribution in [0.3, 0.4) is 0 Å². The van der Waals surface area contributed by atoms with Crippen molar-refractivity contribution in [2.45, 2.75) is 45.1 Å². The highest BCUT2D eigenvalue weighted by Crippen LogP contribution is 2.23. The third-order valence-electron chi connectivity index (χ3n) is 6.25. The van der Waals surface area contributed by atoms with Gasteiger partial charge in [0.1, 0.15) is 12.4 Å². The lowest BCUT2D eigenvalue weighted by atomic mass is 9.95. The van der Waals surface area contributed by atoms with Crippen LogP contribution in [0.25, 0.3) is 0 Å². The van der Waals surface area contributed by atoms with Crippen LogP contribution in [0.4, 0.5) is 11.5 Å². The van der Waals surface area contributed by atoms with Crippen LogP contribution < -0.4 is 15.1 Å². The lowest BCUT2D eigenvalue weighted by molar-refractivity contribution is -0.120. The van der Waals surface area contributed by atoms with Crippen molar-refractivity contribution in [3.63, 3.8) is 0 Å². The highest BCUT2D eigenvalue weighted by atomic mass is 16.5. The predicted molar refractivity (Wildman–Crippen MR) is 125 cm³/mol. The number of ether oxygens (including phenoxy) is 1. The van der Waals surface area contributed by atoms with Gasteiger partial charge in [-0.15, -0.1) is 0 Å². The van der Waals surface area contributed by atoms with Crippen molar-refractivity contribution in [1.29, 1.82) is 0 Å². The monoisotopic (exact) mass is 436 g/mol. The Hall–Kier alpha value is -2.93. The molecule has 1 aromatic carbocycles. The summed E-state index contributed by atoms with van der Waals surface area (Å²) in [6.07, 6.45) is 7.15. The highest BCUT2D eigenvalue weighted by Gasteiger charge is 2.24. The molecule has 170 valence electrons. The van der Waals surface area contributed by atoms with Gasteiger partial charge in [0.25, 0.3) is 5.91 Å². The first-order valence-corrected chi connectivity index (χ1v) is 11.6. The van der Waals surface area contributed by atoms with E-state index in [1.807, 2.05) is 37.3 Å². The maximum absolute atomic E-state index is 13.5. The van der Waals surface area contributed by atoms with E-state index in [-0.39, 0.29) is 24.4 Å². The zero-order chi connectivity index (χ0) is 22.3. The Morgan fingerprint density at radius 1 is 1.09 bits per heavy atom. The largest absolute Gasteiger partial charge is 0.378 e. The molecule has 2 heterocycles. The number of carbonyl (C=O) groups is 2. The van der Waals surface area contributed by atoms with E-state index in [1.165, 1.54) is 6.42 Å². The van der Waals surface area contributed by atoms with Crippen LogP contribution in [0.15, 0.2) is 42.6 Å². The Morgan fingerprint density at radius 2 is 1.84 bits per heavy atom. The molecule has 0 radical (unpaired) electrons. The summed E-state index contributed by atoms with van der Waals surface area (Å²) in [6.45, 7) is 4.88. The molecule has 2 amide bonds. The minimum absolute atomic E-state index is 0.00853. The van der Waals surface area contributed by atoms with Gasteiger partial charge >= 0.3 is 0 Å². The molecule has 7 nitrogen and oxygen atoms in total. The van der Waals surface area contributed by atoms with Gasteiger partial charge in [0, 0.05) is 31.0 Å². The van der Waals surface area contributed by atoms with E-state index >= 15 is 0 Å². The first-order chi connectivity index (χ1) is 15.6. The number of aryl methyl sites for hydroxylation is 1. The molecule has 0 spiro atoms. The number of hydrogen-bond donors (Lipinski definition) is 1. The van der Waals surface area contributed by atoms with Gasteiger partial charge in [-0.3, -0.25) is 14.5 Å². The van der Waals surface area contributed by atoms with Crippen molar-refractivity contribution in [2.75, 3.05) is 42.6 Å². The number of benzene rings is 1.